The zero-order valence-electron chi connectivity index (χ0n) is 10.1. The predicted molar refractivity (Wildman–Crippen MR) is 76.7 cm³/mol. The molecule has 0 saturated carbocycles. The highest BCUT2D eigenvalue weighted by atomic mass is 35.5. The van der Waals surface area contributed by atoms with Gasteiger partial charge in [0.25, 0.3) is 0 Å². The van der Waals surface area contributed by atoms with Crippen LogP contribution >= 0.6 is 23.4 Å². The lowest BCUT2D eigenvalue weighted by Gasteiger charge is -2.12. The summed E-state index contributed by atoms with van der Waals surface area (Å²) in [6.07, 6.45) is 1.000. The van der Waals surface area contributed by atoms with E-state index in [1.54, 1.807) is 6.07 Å². The first-order chi connectivity index (χ1) is 9.22. The second-order valence-electron chi connectivity index (χ2n) is 4.44. The molecule has 0 radical (unpaired) electrons. The maximum atomic E-state index is 12.9. The van der Waals surface area contributed by atoms with E-state index in [1.165, 1.54) is 22.6 Å². The van der Waals surface area contributed by atoms with Crippen molar-refractivity contribution >= 4 is 23.4 Å². The lowest BCUT2D eigenvalue weighted by molar-refractivity contribution is 0.317. The van der Waals surface area contributed by atoms with Crippen LogP contribution in [0.4, 0.5) is 4.39 Å². The van der Waals surface area contributed by atoms with Gasteiger partial charge in [-0.25, -0.2) is 4.39 Å². The molecule has 0 fully saturated rings. The van der Waals surface area contributed by atoms with Crippen LogP contribution in [0.3, 0.4) is 0 Å². The standard InChI is InChI=1S/C15H12ClFOS/c16-13-8-11(17)5-6-14(13)18-9-12-7-10-3-1-2-4-15(10)19-12/h1-6,8,12H,7,9H2. The largest absolute Gasteiger partial charge is 0.491 e. The van der Waals surface area contributed by atoms with Gasteiger partial charge in [0.15, 0.2) is 0 Å². The summed E-state index contributed by atoms with van der Waals surface area (Å²) >= 11 is 7.75. The summed E-state index contributed by atoms with van der Waals surface area (Å²) in [4.78, 5) is 1.32. The Balaban J connectivity index is 1.63. The van der Waals surface area contributed by atoms with Gasteiger partial charge in [0.05, 0.1) is 5.02 Å². The number of halogens is 2. The molecular formula is C15H12ClFOS. The van der Waals surface area contributed by atoms with Crippen LogP contribution in [0, 0.1) is 5.82 Å². The average Bonchev–Trinajstić information content (AvgIpc) is 2.80. The van der Waals surface area contributed by atoms with Gasteiger partial charge < -0.3 is 4.74 Å². The van der Waals surface area contributed by atoms with Crippen LogP contribution in [-0.4, -0.2) is 11.9 Å². The van der Waals surface area contributed by atoms with E-state index in [0.29, 0.717) is 22.6 Å². The first-order valence-electron chi connectivity index (χ1n) is 6.05. The second-order valence-corrected chi connectivity index (χ2v) is 6.19. The van der Waals surface area contributed by atoms with E-state index in [-0.39, 0.29) is 5.82 Å². The maximum absolute atomic E-state index is 12.9. The third kappa shape index (κ3) is 2.88. The summed E-state index contributed by atoms with van der Waals surface area (Å²) in [7, 11) is 0. The first-order valence-corrected chi connectivity index (χ1v) is 7.30. The Bertz CT molecular complexity index is 577. The van der Waals surface area contributed by atoms with Crippen molar-refractivity contribution in [3.63, 3.8) is 0 Å². The number of benzene rings is 2. The highest BCUT2D eigenvalue weighted by Gasteiger charge is 2.22. The molecule has 0 bridgehead atoms. The Hall–Kier alpha value is -1.19. The van der Waals surface area contributed by atoms with Gasteiger partial charge in [-0.2, -0.15) is 0 Å². The van der Waals surface area contributed by atoms with Crippen molar-refractivity contribution in [3.8, 4) is 5.75 Å². The zero-order valence-corrected chi connectivity index (χ0v) is 11.7. The van der Waals surface area contributed by atoms with Gasteiger partial charge in [0, 0.05) is 10.1 Å². The first kappa shape index (κ1) is 12.8. The van der Waals surface area contributed by atoms with Gasteiger partial charge in [-0.3, -0.25) is 0 Å². The SMILES string of the molecule is Fc1ccc(OCC2Cc3ccccc3S2)c(Cl)c1. The summed E-state index contributed by atoms with van der Waals surface area (Å²) in [6, 6.07) is 12.6. The molecule has 19 heavy (non-hydrogen) atoms. The molecule has 0 aliphatic carbocycles. The van der Waals surface area contributed by atoms with E-state index in [2.05, 4.69) is 18.2 Å². The molecule has 1 heterocycles. The average molecular weight is 295 g/mol. The third-order valence-electron chi connectivity index (χ3n) is 3.03. The van der Waals surface area contributed by atoms with Gasteiger partial charge in [-0.15, -0.1) is 11.8 Å². The monoisotopic (exact) mass is 294 g/mol. The zero-order chi connectivity index (χ0) is 13.2. The van der Waals surface area contributed by atoms with E-state index in [9.17, 15) is 4.39 Å². The fourth-order valence-corrected chi connectivity index (χ4v) is 3.56. The molecule has 1 unspecified atom stereocenters. The minimum absolute atomic E-state index is 0.320. The minimum atomic E-state index is -0.347. The predicted octanol–water partition coefficient (Wildman–Crippen LogP) is 4.57. The molecule has 4 heteroatoms. The number of hydrogen-bond donors (Lipinski definition) is 0. The summed E-state index contributed by atoms with van der Waals surface area (Å²) < 4.78 is 18.6. The quantitative estimate of drug-likeness (QED) is 0.820. The molecule has 1 aliphatic rings. The lowest BCUT2D eigenvalue weighted by atomic mass is 10.1. The molecule has 1 nitrogen and oxygen atoms in total. The van der Waals surface area contributed by atoms with Gasteiger partial charge in [0.1, 0.15) is 18.2 Å². The van der Waals surface area contributed by atoms with Gasteiger partial charge in [0.2, 0.25) is 0 Å². The van der Waals surface area contributed by atoms with Crippen LogP contribution in [0.1, 0.15) is 5.56 Å². The molecule has 0 saturated heterocycles. The molecular weight excluding hydrogens is 283 g/mol. The minimum Gasteiger partial charge on any atom is -0.491 e. The molecule has 0 N–H and O–H groups in total. The van der Waals surface area contributed by atoms with Crippen molar-refractivity contribution in [2.45, 2.75) is 16.6 Å². The molecule has 0 aromatic heterocycles. The molecule has 1 atom stereocenters. The van der Waals surface area contributed by atoms with E-state index >= 15 is 0 Å². The molecule has 2 aromatic rings. The van der Waals surface area contributed by atoms with Crippen LogP contribution in [0.5, 0.6) is 5.75 Å². The molecule has 0 spiro atoms. The van der Waals surface area contributed by atoms with Crippen LogP contribution in [-0.2, 0) is 6.42 Å². The van der Waals surface area contributed by atoms with Crippen molar-refractivity contribution in [3.05, 3.63) is 58.9 Å². The van der Waals surface area contributed by atoms with Crippen LogP contribution in [0.2, 0.25) is 5.02 Å². The summed E-state index contributed by atoms with van der Waals surface area (Å²) in [5.41, 5.74) is 1.37. The summed E-state index contributed by atoms with van der Waals surface area (Å²) in [5.74, 6) is 0.194. The Morgan fingerprint density at radius 2 is 2.11 bits per heavy atom. The van der Waals surface area contributed by atoms with E-state index in [4.69, 9.17) is 16.3 Å². The van der Waals surface area contributed by atoms with Gasteiger partial charge in [-0.05, 0) is 36.2 Å². The Labute approximate surface area is 120 Å². The normalized spacial score (nSPS) is 17.3. The molecule has 2 aromatic carbocycles. The Morgan fingerprint density at radius 1 is 1.26 bits per heavy atom. The second kappa shape index (κ2) is 5.43. The fraction of sp³-hybridized carbons (Fsp3) is 0.200. The van der Waals surface area contributed by atoms with E-state index in [0.717, 1.165) is 6.42 Å². The van der Waals surface area contributed by atoms with Crippen molar-refractivity contribution in [2.24, 2.45) is 0 Å². The molecule has 98 valence electrons. The molecule has 3 rings (SSSR count). The van der Waals surface area contributed by atoms with Crippen LogP contribution < -0.4 is 4.74 Å². The number of hydrogen-bond acceptors (Lipinski definition) is 2. The highest BCUT2D eigenvalue weighted by molar-refractivity contribution is 8.00. The topological polar surface area (TPSA) is 9.23 Å². The smallest absolute Gasteiger partial charge is 0.138 e. The van der Waals surface area contributed by atoms with Gasteiger partial charge >= 0.3 is 0 Å². The highest BCUT2D eigenvalue weighted by Crippen LogP contribution is 2.37. The van der Waals surface area contributed by atoms with Crippen molar-refractivity contribution in [2.75, 3.05) is 6.61 Å². The fourth-order valence-electron chi connectivity index (χ4n) is 2.12. The third-order valence-corrected chi connectivity index (χ3v) is 4.62. The molecule has 0 amide bonds. The van der Waals surface area contributed by atoms with E-state index in [1.807, 2.05) is 17.8 Å². The summed E-state index contributed by atoms with van der Waals surface area (Å²) in [6.45, 7) is 0.574. The van der Waals surface area contributed by atoms with Crippen molar-refractivity contribution in [1.82, 2.24) is 0 Å². The number of ether oxygens (including phenoxy) is 1. The number of fused-ring (bicyclic) bond motifs is 1. The maximum Gasteiger partial charge on any atom is 0.138 e. The number of thioether (sulfide) groups is 1. The van der Waals surface area contributed by atoms with Crippen LogP contribution in [0.15, 0.2) is 47.4 Å². The van der Waals surface area contributed by atoms with Crippen molar-refractivity contribution in [1.29, 1.82) is 0 Å². The Kier molecular flexibility index (Phi) is 3.67. The lowest BCUT2D eigenvalue weighted by Crippen LogP contribution is -2.13. The Morgan fingerprint density at radius 3 is 2.89 bits per heavy atom. The van der Waals surface area contributed by atoms with Crippen LogP contribution in [0.25, 0.3) is 0 Å². The van der Waals surface area contributed by atoms with Gasteiger partial charge in [-0.1, -0.05) is 29.8 Å². The number of rotatable bonds is 3. The molecule has 1 aliphatic heterocycles. The van der Waals surface area contributed by atoms with Crippen molar-refractivity contribution < 1.29 is 9.13 Å². The summed E-state index contributed by atoms with van der Waals surface area (Å²) in [5, 5.41) is 0.707. The van der Waals surface area contributed by atoms with E-state index < -0.39 is 0 Å².